The minimum atomic E-state index is -0.272. The number of aromatic nitrogens is 3. The van der Waals surface area contributed by atoms with Gasteiger partial charge in [0.1, 0.15) is 0 Å². The standard InChI is InChI=1S/C13H9ClN4O/c14-11-7-15-4-3-10(11)13(19)17-9-2-1-8-6-16-18-12(8)5-9/h1-7H,(H,16,18)(H,17,19). The summed E-state index contributed by atoms with van der Waals surface area (Å²) in [4.78, 5) is 15.9. The number of nitrogens with zero attached hydrogens (tertiary/aromatic N) is 2. The molecule has 3 rings (SSSR count). The number of fused-ring (bicyclic) bond motifs is 1. The van der Waals surface area contributed by atoms with Gasteiger partial charge in [0.25, 0.3) is 5.91 Å². The van der Waals surface area contributed by atoms with E-state index in [9.17, 15) is 4.79 Å². The Morgan fingerprint density at radius 1 is 1.26 bits per heavy atom. The monoisotopic (exact) mass is 272 g/mol. The number of pyridine rings is 1. The first kappa shape index (κ1) is 11.7. The van der Waals surface area contributed by atoms with E-state index in [2.05, 4.69) is 20.5 Å². The van der Waals surface area contributed by atoms with E-state index >= 15 is 0 Å². The summed E-state index contributed by atoms with van der Waals surface area (Å²) in [5, 5.41) is 10.9. The highest BCUT2D eigenvalue weighted by molar-refractivity contribution is 6.34. The highest BCUT2D eigenvalue weighted by atomic mass is 35.5. The summed E-state index contributed by atoms with van der Waals surface area (Å²) in [6.45, 7) is 0. The third-order valence-corrected chi connectivity index (χ3v) is 3.02. The summed E-state index contributed by atoms with van der Waals surface area (Å²) < 4.78 is 0. The molecule has 6 heteroatoms. The minimum Gasteiger partial charge on any atom is -0.322 e. The Balaban J connectivity index is 1.88. The van der Waals surface area contributed by atoms with E-state index in [1.165, 1.54) is 12.4 Å². The van der Waals surface area contributed by atoms with E-state index in [0.717, 1.165) is 10.9 Å². The van der Waals surface area contributed by atoms with Gasteiger partial charge in [-0.15, -0.1) is 0 Å². The fourth-order valence-electron chi connectivity index (χ4n) is 1.77. The second-order valence-electron chi connectivity index (χ2n) is 3.98. The second-order valence-corrected chi connectivity index (χ2v) is 4.39. The Kier molecular flexibility index (Phi) is 2.89. The first-order valence-electron chi connectivity index (χ1n) is 5.58. The van der Waals surface area contributed by atoms with E-state index in [1.807, 2.05) is 18.2 Å². The van der Waals surface area contributed by atoms with Gasteiger partial charge in [0.15, 0.2) is 0 Å². The molecule has 19 heavy (non-hydrogen) atoms. The lowest BCUT2D eigenvalue weighted by Crippen LogP contribution is -2.12. The molecule has 1 amide bonds. The molecule has 0 radical (unpaired) electrons. The number of hydrogen-bond acceptors (Lipinski definition) is 3. The first-order chi connectivity index (χ1) is 9.24. The van der Waals surface area contributed by atoms with Crippen LogP contribution in [0, 0.1) is 0 Å². The molecule has 0 aliphatic heterocycles. The maximum absolute atomic E-state index is 12.1. The predicted molar refractivity (Wildman–Crippen MR) is 73.3 cm³/mol. The van der Waals surface area contributed by atoms with Gasteiger partial charge in [0.2, 0.25) is 0 Å². The van der Waals surface area contributed by atoms with E-state index < -0.39 is 0 Å². The summed E-state index contributed by atoms with van der Waals surface area (Å²) in [5.41, 5.74) is 1.93. The predicted octanol–water partition coefficient (Wildman–Crippen LogP) is 2.86. The third kappa shape index (κ3) is 2.28. The van der Waals surface area contributed by atoms with Gasteiger partial charge in [-0.3, -0.25) is 14.9 Å². The average molecular weight is 273 g/mol. The second kappa shape index (κ2) is 4.70. The molecule has 0 unspecified atom stereocenters. The average Bonchev–Trinajstić information content (AvgIpc) is 2.86. The SMILES string of the molecule is O=C(Nc1ccc2cn[nH]c2c1)c1ccncc1Cl. The molecule has 0 aliphatic rings. The van der Waals surface area contributed by atoms with Crippen LogP contribution in [0.5, 0.6) is 0 Å². The van der Waals surface area contributed by atoms with Gasteiger partial charge in [-0.25, -0.2) is 0 Å². The number of halogens is 1. The quantitative estimate of drug-likeness (QED) is 0.753. The molecule has 0 aliphatic carbocycles. The van der Waals surface area contributed by atoms with Crippen molar-refractivity contribution < 1.29 is 4.79 Å². The molecule has 2 N–H and O–H groups in total. The molecule has 0 saturated carbocycles. The molecular weight excluding hydrogens is 264 g/mol. The van der Waals surface area contributed by atoms with E-state index in [1.54, 1.807) is 12.3 Å². The van der Waals surface area contributed by atoms with E-state index in [0.29, 0.717) is 16.3 Å². The molecule has 0 saturated heterocycles. The van der Waals surface area contributed by atoms with Gasteiger partial charge in [-0.2, -0.15) is 5.10 Å². The lowest BCUT2D eigenvalue weighted by atomic mass is 10.2. The Hall–Kier alpha value is -2.40. The van der Waals surface area contributed by atoms with Crippen LogP contribution < -0.4 is 5.32 Å². The molecule has 2 aromatic heterocycles. The first-order valence-corrected chi connectivity index (χ1v) is 5.96. The van der Waals surface area contributed by atoms with Crippen LogP contribution in [0.1, 0.15) is 10.4 Å². The zero-order chi connectivity index (χ0) is 13.2. The van der Waals surface area contributed by atoms with Crippen molar-refractivity contribution in [2.24, 2.45) is 0 Å². The number of hydrogen-bond donors (Lipinski definition) is 2. The number of H-pyrrole nitrogens is 1. The maximum Gasteiger partial charge on any atom is 0.257 e. The van der Waals surface area contributed by atoms with Crippen molar-refractivity contribution >= 4 is 34.1 Å². The van der Waals surface area contributed by atoms with Crippen molar-refractivity contribution in [2.75, 3.05) is 5.32 Å². The maximum atomic E-state index is 12.1. The van der Waals surface area contributed by atoms with E-state index in [4.69, 9.17) is 11.6 Å². The van der Waals surface area contributed by atoms with Gasteiger partial charge in [0.05, 0.1) is 22.3 Å². The van der Waals surface area contributed by atoms with Crippen molar-refractivity contribution in [3.8, 4) is 0 Å². The molecule has 0 spiro atoms. The molecular formula is C13H9ClN4O. The Morgan fingerprint density at radius 3 is 3.00 bits per heavy atom. The number of carbonyl (C=O) groups excluding carboxylic acids is 1. The normalized spacial score (nSPS) is 10.6. The Bertz CT molecular complexity index is 753. The van der Waals surface area contributed by atoms with Gasteiger partial charge >= 0.3 is 0 Å². The van der Waals surface area contributed by atoms with Crippen molar-refractivity contribution in [1.29, 1.82) is 0 Å². The van der Waals surface area contributed by atoms with Gasteiger partial charge in [0, 0.05) is 23.5 Å². The van der Waals surface area contributed by atoms with Crippen LogP contribution in [-0.4, -0.2) is 21.1 Å². The van der Waals surface area contributed by atoms with Crippen LogP contribution in [0.2, 0.25) is 5.02 Å². The number of rotatable bonds is 2. The smallest absolute Gasteiger partial charge is 0.257 e. The van der Waals surface area contributed by atoms with Gasteiger partial charge in [-0.1, -0.05) is 11.6 Å². The summed E-state index contributed by atoms with van der Waals surface area (Å²) in [6, 6.07) is 7.08. The van der Waals surface area contributed by atoms with Crippen LogP contribution in [0.3, 0.4) is 0 Å². The van der Waals surface area contributed by atoms with Crippen molar-refractivity contribution in [3.05, 3.63) is 53.4 Å². The van der Waals surface area contributed by atoms with Crippen LogP contribution in [-0.2, 0) is 0 Å². The third-order valence-electron chi connectivity index (χ3n) is 2.72. The minimum absolute atomic E-state index is 0.272. The highest BCUT2D eigenvalue weighted by Crippen LogP contribution is 2.19. The van der Waals surface area contributed by atoms with Crippen LogP contribution in [0.4, 0.5) is 5.69 Å². The summed E-state index contributed by atoms with van der Waals surface area (Å²) >= 11 is 5.92. The number of anilines is 1. The fourth-order valence-corrected chi connectivity index (χ4v) is 1.98. The molecule has 94 valence electrons. The number of benzene rings is 1. The molecule has 1 aromatic carbocycles. The fraction of sp³-hybridized carbons (Fsp3) is 0. The van der Waals surface area contributed by atoms with Crippen molar-refractivity contribution in [1.82, 2.24) is 15.2 Å². The number of aromatic amines is 1. The number of carbonyl (C=O) groups is 1. The summed E-state index contributed by atoms with van der Waals surface area (Å²) in [6.07, 6.45) is 4.69. The molecule has 3 aromatic rings. The molecule has 0 bridgehead atoms. The summed E-state index contributed by atoms with van der Waals surface area (Å²) in [7, 11) is 0. The highest BCUT2D eigenvalue weighted by Gasteiger charge is 2.10. The zero-order valence-corrected chi connectivity index (χ0v) is 10.5. The van der Waals surface area contributed by atoms with Crippen molar-refractivity contribution in [3.63, 3.8) is 0 Å². The molecule has 0 fully saturated rings. The van der Waals surface area contributed by atoms with E-state index in [-0.39, 0.29) is 5.91 Å². The number of nitrogens with one attached hydrogen (secondary N) is 2. The van der Waals surface area contributed by atoms with Crippen LogP contribution >= 0.6 is 11.6 Å². The lowest BCUT2D eigenvalue weighted by Gasteiger charge is -2.06. The van der Waals surface area contributed by atoms with Crippen LogP contribution in [0.15, 0.2) is 42.9 Å². The van der Waals surface area contributed by atoms with Gasteiger partial charge in [-0.05, 0) is 24.3 Å². The topological polar surface area (TPSA) is 70.7 Å². The van der Waals surface area contributed by atoms with Gasteiger partial charge < -0.3 is 5.32 Å². The Morgan fingerprint density at radius 2 is 2.16 bits per heavy atom. The largest absolute Gasteiger partial charge is 0.322 e. The van der Waals surface area contributed by atoms with Crippen molar-refractivity contribution in [2.45, 2.75) is 0 Å². The Labute approximate surface area is 113 Å². The zero-order valence-electron chi connectivity index (χ0n) is 9.72. The molecule has 2 heterocycles. The summed E-state index contributed by atoms with van der Waals surface area (Å²) in [5.74, 6) is -0.272. The number of amides is 1. The van der Waals surface area contributed by atoms with Crippen LogP contribution in [0.25, 0.3) is 10.9 Å². The molecule has 0 atom stereocenters. The lowest BCUT2D eigenvalue weighted by molar-refractivity contribution is 0.102. The molecule has 5 nitrogen and oxygen atoms in total.